The molecular formula is C18H23F2N3O. The Hall–Kier alpha value is -1.79. The van der Waals surface area contributed by atoms with Crippen molar-refractivity contribution in [1.29, 1.82) is 0 Å². The van der Waals surface area contributed by atoms with E-state index in [1.54, 1.807) is 6.07 Å². The lowest BCUT2D eigenvalue weighted by Crippen LogP contribution is -2.46. The van der Waals surface area contributed by atoms with Crippen LogP contribution >= 0.6 is 0 Å². The number of aryl methyl sites for hydroxylation is 2. The predicted octanol–water partition coefficient (Wildman–Crippen LogP) is 3.45. The first kappa shape index (κ1) is 17.0. The molecule has 0 amide bonds. The Morgan fingerprint density at radius 1 is 1.17 bits per heavy atom. The Morgan fingerprint density at radius 3 is 2.46 bits per heavy atom. The van der Waals surface area contributed by atoms with E-state index in [1.165, 1.54) is 6.07 Å². The van der Waals surface area contributed by atoms with Gasteiger partial charge in [-0.3, -0.25) is 9.80 Å². The van der Waals surface area contributed by atoms with Crippen molar-refractivity contribution >= 4 is 0 Å². The number of hydrogen-bond acceptors (Lipinski definition) is 4. The van der Waals surface area contributed by atoms with E-state index in [0.29, 0.717) is 12.1 Å². The van der Waals surface area contributed by atoms with E-state index in [1.807, 2.05) is 20.8 Å². The molecule has 1 atom stereocenters. The highest BCUT2D eigenvalue weighted by molar-refractivity contribution is 5.22. The highest BCUT2D eigenvalue weighted by Gasteiger charge is 2.24. The summed E-state index contributed by atoms with van der Waals surface area (Å²) in [6.45, 7) is 9.92. The van der Waals surface area contributed by atoms with Crippen LogP contribution in [0.15, 0.2) is 22.6 Å². The van der Waals surface area contributed by atoms with Crippen molar-refractivity contribution in [3.05, 3.63) is 52.7 Å². The Kier molecular flexibility index (Phi) is 4.96. The summed E-state index contributed by atoms with van der Waals surface area (Å²) in [4.78, 5) is 8.93. The summed E-state index contributed by atoms with van der Waals surface area (Å²) in [5.74, 6) is 0.598. The average molecular weight is 335 g/mol. The smallest absolute Gasteiger partial charge is 0.208 e. The molecule has 1 aromatic heterocycles. The summed E-state index contributed by atoms with van der Waals surface area (Å²) >= 11 is 0. The zero-order valence-electron chi connectivity index (χ0n) is 14.4. The largest absolute Gasteiger partial charge is 0.444 e. The minimum Gasteiger partial charge on any atom is -0.444 e. The molecule has 130 valence electrons. The fourth-order valence-electron chi connectivity index (χ4n) is 3.14. The minimum atomic E-state index is -0.537. The van der Waals surface area contributed by atoms with Crippen molar-refractivity contribution < 1.29 is 13.2 Å². The number of nitrogens with zero attached hydrogens (tertiary/aromatic N) is 3. The maximum Gasteiger partial charge on any atom is 0.208 e. The number of rotatable bonds is 4. The first-order valence-corrected chi connectivity index (χ1v) is 8.28. The molecule has 2 aromatic rings. The van der Waals surface area contributed by atoms with Crippen LogP contribution in [0.25, 0.3) is 0 Å². The van der Waals surface area contributed by atoms with Crippen molar-refractivity contribution in [3.63, 3.8) is 0 Å². The Morgan fingerprint density at radius 2 is 1.88 bits per heavy atom. The molecule has 0 spiro atoms. The minimum absolute atomic E-state index is 0.0704. The third-order valence-electron chi connectivity index (χ3n) is 4.80. The Labute approximate surface area is 141 Å². The summed E-state index contributed by atoms with van der Waals surface area (Å²) in [7, 11) is 0. The van der Waals surface area contributed by atoms with Crippen LogP contribution in [0.4, 0.5) is 8.78 Å². The molecule has 1 aromatic carbocycles. The molecule has 24 heavy (non-hydrogen) atoms. The Bertz CT molecular complexity index is 689. The number of hydrogen-bond donors (Lipinski definition) is 0. The van der Waals surface area contributed by atoms with Gasteiger partial charge in [-0.25, -0.2) is 13.8 Å². The number of piperazine rings is 1. The summed E-state index contributed by atoms with van der Waals surface area (Å²) in [6, 6.07) is 3.74. The quantitative estimate of drug-likeness (QED) is 0.857. The molecule has 0 bridgehead atoms. The normalized spacial score (nSPS) is 18.0. The second kappa shape index (κ2) is 6.99. The summed E-state index contributed by atoms with van der Waals surface area (Å²) in [5, 5.41) is 0. The van der Waals surface area contributed by atoms with Gasteiger partial charge in [-0.1, -0.05) is 6.07 Å². The SMILES string of the molecule is Cc1nc(CN2CCN(C(C)c3ccc(F)cc3F)CC2)oc1C. The van der Waals surface area contributed by atoms with E-state index in [-0.39, 0.29) is 6.04 Å². The fraction of sp³-hybridized carbons (Fsp3) is 0.500. The maximum atomic E-state index is 14.0. The summed E-state index contributed by atoms with van der Waals surface area (Å²) in [6.07, 6.45) is 0. The molecule has 3 rings (SSSR count). The number of benzene rings is 1. The van der Waals surface area contributed by atoms with E-state index in [4.69, 9.17) is 4.42 Å². The lowest BCUT2D eigenvalue weighted by Gasteiger charge is -2.37. The van der Waals surface area contributed by atoms with Gasteiger partial charge < -0.3 is 4.42 Å². The summed E-state index contributed by atoms with van der Waals surface area (Å²) < 4.78 is 32.7. The van der Waals surface area contributed by atoms with Crippen LogP contribution in [-0.4, -0.2) is 41.0 Å². The van der Waals surface area contributed by atoms with E-state index in [9.17, 15) is 8.78 Å². The molecule has 0 saturated carbocycles. The van der Waals surface area contributed by atoms with Crippen LogP contribution in [0, 0.1) is 25.5 Å². The van der Waals surface area contributed by atoms with Crippen LogP contribution < -0.4 is 0 Å². The molecule has 1 aliphatic rings. The molecule has 2 heterocycles. The Balaban J connectivity index is 1.58. The van der Waals surface area contributed by atoms with Gasteiger partial charge in [-0.15, -0.1) is 0 Å². The van der Waals surface area contributed by atoms with Gasteiger partial charge in [-0.05, 0) is 26.8 Å². The lowest BCUT2D eigenvalue weighted by molar-refractivity contribution is 0.0907. The van der Waals surface area contributed by atoms with Gasteiger partial charge in [0.1, 0.15) is 17.4 Å². The second-order valence-corrected chi connectivity index (χ2v) is 6.40. The van der Waals surface area contributed by atoms with Crippen molar-refractivity contribution in [2.45, 2.75) is 33.4 Å². The van der Waals surface area contributed by atoms with Crippen LogP contribution in [-0.2, 0) is 6.54 Å². The average Bonchev–Trinajstić information content (AvgIpc) is 2.85. The molecule has 6 heteroatoms. The second-order valence-electron chi connectivity index (χ2n) is 6.40. The van der Waals surface area contributed by atoms with Crippen LogP contribution in [0.2, 0.25) is 0 Å². The monoisotopic (exact) mass is 335 g/mol. The highest BCUT2D eigenvalue weighted by atomic mass is 19.1. The topological polar surface area (TPSA) is 32.5 Å². The van der Waals surface area contributed by atoms with Gasteiger partial charge in [0, 0.05) is 43.9 Å². The predicted molar refractivity (Wildman–Crippen MR) is 87.6 cm³/mol. The van der Waals surface area contributed by atoms with Crippen molar-refractivity contribution in [2.24, 2.45) is 0 Å². The number of halogens is 2. The first-order chi connectivity index (χ1) is 11.4. The van der Waals surface area contributed by atoms with Crippen molar-refractivity contribution in [2.75, 3.05) is 26.2 Å². The zero-order chi connectivity index (χ0) is 17.3. The zero-order valence-corrected chi connectivity index (χ0v) is 14.4. The number of aromatic nitrogens is 1. The molecule has 1 saturated heterocycles. The summed E-state index contributed by atoms with van der Waals surface area (Å²) in [5.41, 5.74) is 1.48. The van der Waals surface area contributed by atoms with Crippen molar-refractivity contribution in [3.8, 4) is 0 Å². The van der Waals surface area contributed by atoms with Crippen LogP contribution in [0.3, 0.4) is 0 Å². The molecule has 1 fully saturated rings. The standard InChI is InChI=1S/C18H23F2N3O/c1-12-14(3)24-18(21-12)11-22-6-8-23(9-7-22)13(2)16-5-4-15(19)10-17(16)20/h4-5,10,13H,6-9,11H2,1-3H3. The third-order valence-corrected chi connectivity index (χ3v) is 4.80. The van der Waals surface area contributed by atoms with Crippen molar-refractivity contribution in [1.82, 2.24) is 14.8 Å². The fourth-order valence-corrected chi connectivity index (χ4v) is 3.14. The highest BCUT2D eigenvalue weighted by Crippen LogP contribution is 2.25. The van der Waals surface area contributed by atoms with E-state index < -0.39 is 11.6 Å². The molecule has 4 nitrogen and oxygen atoms in total. The molecule has 0 aliphatic carbocycles. The van der Waals surface area contributed by atoms with Gasteiger partial charge in [0.2, 0.25) is 5.89 Å². The molecule has 0 radical (unpaired) electrons. The van der Waals surface area contributed by atoms with Gasteiger partial charge >= 0.3 is 0 Å². The molecule has 1 aliphatic heterocycles. The van der Waals surface area contributed by atoms with Crippen LogP contribution in [0.1, 0.15) is 35.9 Å². The van der Waals surface area contributed by atoms with E-state index in [0.717, 1.165) is 49.6 Å². The maximum absolute atomic E-state index is 14.0. The van der Waals surface area contributed by atoms with Crippen LogP contribution in [0.5, 0.6) is 0 Å². The van der Waals surface area contributed by atoms with Gasteiger partial charge in [0.05, 0.1) is 12.2 Å². The molecule has 0 N–H and O–H groups in total. The van der Waals surface area contributed by atoms with Gasteiger partial charge in [-0.2, -0.15) is 0 Å². The van der Waals surface area contributed by atoms with Gasteiger partial charge in [0.15, 0.2) is 0 Å². The molecular weight excluding hydrogens is 312 g/mol. The van der Waals surface area contributed by atoms with Gasteiger partial charge in [0.25, 0.3) is 0 Å². The first-order valence-electron chi connectivity index (χ1n) is 8.28. The number of oxazole rings is 1. The van der Waals surface area contributed by atoms with E-state index >= 15 is 0 Å². The molecule has 1 unspecified atom stereocenters. The lowest BCUT2D eigenvalue weighted by atomic mass is 10.1. The third kappa shape index (κ3) is 3.65. The van der Waals surface area contributed by atoms with E-state index in [2.05, 4.69) is 14.8 Å².